The molecule has 0 radical (unpaired) electrons. The van der Waals surface area contributed by atoms with E-state index in [1.165, 1.54) is 5.56 Å². The van der Waals surface area contributed by atoms with Crippen LogP contribution in [0.4, 0.5) is 5.69 Å². The SMILES string of the molecule is CC(C)NC(=O)C(C)(C)C(=O)N1c2ccccc2CC1C. The van der Waals surface area contributed by atoms with E-state index in [4.69, 9.17) is 0 Å². The fourth-order valence-corrected chi connectivity index (χ4v) is 2.72. The fourth-order valence-electron chi connectivity index (χ4n) is 2.72. The number of anilines is 1. The quantitative estimate of drug-likeness (QED) is 0.869. The lowest BCUT2D eigenvalue weighted by Gasteiger charge is -2.32. The van der Waals surface area contributed by atoms with Crippen molar-refractivity contribution >= 4 is 17.5 Å². The van der Waals surface area contributed by atoms with Gasteiger partial charge in [-0.3, -0.25) is 9.59 Å². The van der Waals surface area contributed by atoms with Crippen LogP contribution in [0, 0.1) is 5.41 Å². The van der Waals surface area contributed by atoms with Gasteiger partial charge in [0.25, 0.3) is 0 Å². The van der Waals surface area contributed by atoms with Gasteiger partial charge in [0.2, 0.25) is 11.8 Å². The van der Waals surface area contributed by atoms with Crippen molar-refractivity contribution in [3.8, 4) is 0 Å². The second kappa shape index (κ2) is 5.51. The Bertz CT molecular complexity index is 564. The van der Waals surface area contributed by atoms with Gasteiger partial charge in [-0.15, -0.1) is 0 Å². The van der Waals surface area contributed by atoms with Crippen LogP contribution in [0.1, 0.15) is 40.2 Å². The van der Waals surface area contributed by atoms with Crippen LogP contribution in [0.15, 0.2) is 24.3 Å². The molecule has 1 N–H and O–H groups in total. The lowest BCUT2D eigenvalue weighted by molar-refractivity contribution is -0.140. The zero-order valence-electron chi connectivity index (χ0n) is 13.4. The first-order valence-corrected chi connectivity index (χ1v) is 7.47. The number of rotatable bonds is 3. The summed E-state index contributed by atoms with van der Waals surface area (Å²) in [5, 5.41) is 2.84. The van der Waals surface area contributed by atoms with Gasteiger partial charge in [-0.2, -0.15) is 0 Å². The molecule has 1 aliphatic rings. The van der Waals surface area contributed by atoms with Crippen LogP contribution in [0.25, 0.3) is 0 Å². The maximum absolute atomic E-state index is 12.9. The minimum atomic E-state index is -1.07. The number of fused-ring (bicyclic) bond motifs is 1. The molecule has 1 aromatic carbocycles. The summed E-state index contributed by atoms with van der Waals surface area (Å²) in [5.74, 6) is -0.364. The van der Waals surface area contributed by atoms with Crippen LogP contribution in [-0.2, 0) is 16.0 Å². The van der Waals surface area contributed by atoms with Crippen LogP contribution in [-0.4, -0.2) is 23.9 Å². The molecule has 0 fully saturated rings. The number of hydrogen-bond donors (Lipinski definition) is 1. The topological polar surface area (TPSA) is 49.4 Å². The normalized spacial score (nSPS) is 17.8. The van der Waals surface area contributed by atoms with Crippen molar-refractivity contribution in [2.24, 2.45) is 5.41 Å². The molecule has 1 aromatic rings. The highest BCUT2D eigenvalue weighted by molar-refractivity contribution is 6.12. The summed E-state index contributed by atoms with van der Waals surface area (Å²) in [6.45, 7) is 9.20. The Morgan fingerprint density at radius 1 is 1.29 bits per heavy atom. The van der Waals surface area contributed by atoms with Crippen molar-refractivity contribution in [1.82, 2.24) is 5.32 Å². The molecule has 1 heterocycles. The molecule has 2 amide bonds. The van der Waals surface area contributed by atoms with Crippen LogP contribution in [0.5, 0.6) is 0 Å². The van der Waals surface area contributed by atoms with Gasteiger partial charge >= 0.3 is 0 Å². The third-order valence-corrected chi connectivity index (χ3v) is 3.95. The molecule has 0 aromatic heterocycles. The van der Waals surface area contributed by atoms with Crippen LogP contribution >= 0.6 is 0 Å². The van der Waals surface area contributed by atoms with Crippen LogP contribution < -0.4 is 10.2 Å². The van der Waals surface area contributed by atoms with Gasteiger partial charge < -0.3 is 10.2 Å². The summed E-state index contributed by atoms with van der Waals surface area (Å²) in [6, 6.07) is 8.01. The molecule has 0 aliphatic carbocycles. The minimum Gasteiger partial charge on any atom is -0.353 e. The van der Waals surface area contributed by atoms with Crippen molar-refractivity contribution < 1.29 is 9.59 Å². The number of hydrogen-bond acceptors (Lipinski definition) is 2. The summed E-state index contributed by atoms with van der Waals surface area (Å²) >= 11 is 0. The monoisotopic (exact) mass is 288 g/mol. The second-order valence-corrected chi connectivity index (χ2v) is 6.61. The molecule has 0 bridgehead atoms. The van der Waals surface area contributed by atoms with E-state index >= 15 is 0 Å². The zero-order chi connectivity index (χ0) is 15.8. The Balaban J connectivity index is 2.29. The van der Waals surface area contributed by atoms with E-state index in [2.05, 4.69) is 5.32 Å². The number of carbonyl (C=O) groups is 2. The van der Waals surface area contributed by atoms with Crippen molar-refractivity contribution in [3.05, 3.63) is 29.8 Å². The molecule has 4 heteroatoms. The van der Waals surface area contributed by atoms with Gasteiger partial charge in [-0.05, 0) is 52.7 Å². The average Bonchev–Trinajstić information content (AvgIpc) is 2.72. The predicted octanol–water partition coefficient (Wildman–Crippen LogP) is 2.52. The van der Waals surface area contributed by atoms with Gasteiger partial charge in [0.1, 0.15) is 5.41 Å². The van der Waals surface area contributed by atoms with Gasteiger partial charge in [-0.25, -0.2) is 0 Å². The summed E-state index contributed by atoms with van der Waals surface area (Å²) in [7, 11) is 0. The number of carbonyl (C=O) groups excluding carboxylic acids is 2. The highest BCUT2D eigenvalue weighted by Gasteiger charge is 2.43. The van der Waals surface area contributed by atoms with Gasteiger partial charge in [0.15, 0.2) is 0 Å². The zero-order valence-corrected chi connectivity index (χ0v) is 13.4. The molecule has 1 aliphatic heterocycles. The number of nitrogens with zero attached hydrogens (tertiary/aromatic N) is 1. The molecule has 2 rings (SSSR count). The number of para-hydroxylation sites is 1. The highest BCUT2D eigenvalue weighted by Crippen LogP contribution is 2.35. The van der Waals surface area contributed by atoms with E-state index in [1.54, 1.807) is 18.7 Å². The van der Waals surface area contributed by atoms with E-state index in [-0.39, 0.29) is 23.9 Å². The molecule has 0 saturated heterocycles. The van der Waals surface area contributed by atoms with E-state index in [9.17, 15) is 9.59 Å². The first kappa shape index (κ1) is 15.5. The first-order chi connectivity index (χ1) is 9.75. The van der Waals surface area contributed by atoms with E-state index in [0.717, 1.165) is 12.1 Å². The Morgan fingerprint density at radius 3 is 2.52 bits per heavy atom. The van der Waals surface area contributed by atoms with E-state index in [1.807, 2.05) is 45.0 Å². The molecule has 21 heavy (non-hydrogen) atoms. The number of benzene rings is 1. The maximum atomic E-state index is 12.9. The maximum Gasteiger partial charge on any atom is 0.242 e. The molecular weight excluding hydrogens is 264 g/mol. The summed E-state index contributed by atoms with van der Waals surface area (Å²) in [6.07, 6.45) is 0.837. The Hall–Kier alpha value is -1.84. The molecule has 0 saturated carbocycles. The third kappa shape index (κ3) is 2.80. The van der Waals surface area contributed by atoms with E-state index < -0.39 is 5.41 Å². The van der Waals surface area contributed by atoms with Crippen molar-refractivity contribution in [2.45, 2.75) is 53.1 Å². The van der Waals surface area contributed by atoms with Gasteiger partial charge in [0.05, 0.1) is 0 Å². The fraction of sp³-hybridized carbons (Fsp3) is 0.529. The smallest absolute Gasteiger partial charge is 0.242 e. The molecule has 114 valence electrons. The first-order valence-electron chi connectivity index (χ1n) is 7.47. The third-order valence-electron chi connectivity index (χ3n) is 3.95. The molecule has 1 unspecified atom stereocenters. The minimum absolute atomic E-state index is 0.0212. The highest BCUT2D eigenvalue weighted by atomic mass is 16.2. The van der Waals surface area contributed by atoms with Crippen molar-refractivity contribution in [1.29, 1.82) is 0 Å². The number of amides is 2. The average molecular weight is 288 g/mol. The van der Waals surface area contributed by atoms with Gasteiger partial charge in [0, 0.05) is 17.8 Å². The second-order valence-electron chi connectivity index (χ2n) is 6.61. The summed E-state index contributed by atoms with van der Waals surface area (Å²) in [4.78, 5) is 27.0. The summed E-state index contributed by atoms with van der Waals surface area (Å²) in [5.41, 5.74) is 1.02. The lowest BCUT2D eigenvalue weighted by atomic mass is 9.89. The van der Waals surface area contributed by atoms with Gasteiger partial charge in [-0.1, -0.05) is 18.2 Å². The largest absolute Gasteiger partial charge is 0.353 e. The molecule has 1 atom stereocenters. The predicted molar refractivity (Wildman–Crippen MR) is 84.2 cm³/mol. The lowest BCUT2D eigenvalue weighted by Crippen LogP contribution is -2.52. The Morgan fingerprint density at radius 2 is 1.90 bits per heavy atom. The molecular formula is C17H24N2O2. The molecule has 0 spiro atoms. The van der Waals surface area contributed by atoms with Crippen LogP contribution in [0.3, 0.4) is 0 Å². The summed E-state index contributed by atoms with van der Waals surface area (Å²) < 4.78 is 0. The van der Waals surface area contributed by atoms with Crippen molar-refractivity contribution in [2.75, 3.05) is 4.90 Å². The molecule has 4 nitrogen and oxygen atoms in total. The number of nitrogens with one attached hydrogen (secondary N) is 1. The van der Waals surface area contributed by atoms with Crippen LogP contribution in [0.2, 0.25) is 0 Å². The van der Waals surface area contributed by atoms with E-state index in [0.29, 0.717) is 0 Å². The Kier molecular flexibility index (Phi) is 4.08. The van der Waals surface area contributed by atoms with Crippen molar-refractivity contribution in [3.63, 3.8) is 0 Å². The standard InChI is InChI=1S/C17H24N2O2/c1-11(2)18-15(20)17(4,5)16(21)19-12(3)10-13-8-6-7-9-14(13)19/h6-9,11-12H,10H2,1-5H3,(H,18,20). The Labute approximate surface area is 126 Å².